The average molecular weight is 263 g/mol. The summed E-state index contributed by atoms with van der Waals surface area (Å²) in [6.07, 6.45) is 2.92. The molecule has 0 spiro atoms. The summed E-state index contributed by atoms with van der Waals surface area (Å²) in [6, 6.07) is 4.27. The van der Waals surface area contributed by atoms with Crippen LogP contribution in [0.25, 0.3) is 0 Å². The molecular formula is C13H17N3O3. The maximum Gasteiger partial charge on any atom is 0.271 e. The van der Waals surface area contributed by atoms with Gasteiger partial charge in [0.25, 0.3) is 5.69 Å². The molecule has 1 saturated heterocycles. The number of non-ortho nitro benzene ring substituents is 1. The first-order valence-corrected chi connectivity index (χ1v) is 6.37. The van der Waals surface area contributed by atoms with Crippen LogP contribution in [-0.2, 0) is 4.79 Å². The number of nitro groups is 1. The average Bonchev–Trinajstić information content (AvgIpc) is 2.42. The number of benzene rings is 1. The van der Waals surface area contributed by atoms with E-state index >= 15 is 0 Å². The van der Waals surface area contributed by atoms with Gasteiger partial charge in [-0.1, -0.05) is 12.5 Å². The second kappa shape index (κ2) is 5.79. The molecule has 1 heterocycles. The number of rotatable bonds is 3. The van der Waals surface area contributed by atoms with Crippen LogP contribution in [-0.4, -0.2) is 23.4 Å². The Morgan fingerprint density at radius 2 is 2.26 bits per heavy atom. The van der Waals surface area contributed by atoms with Crippen molar-refractivity contribution in [1.29, 1.82) is 0 Å². The number of nitro benzene ring substituents is 1. The molecule has 102 valence electrons. The van der Waals surface area contributed by atoms with Gasteiger partial charge in [-0.15, -0.1) is 0 Å². The van der Waals surface area contributed by atoms with E-state index in [2.05, 4.69) is 10.6 Å². The summed E-state index contributed by atoms with van der Waals surface area (Å²) in [5, 5.41) is 16.7. The summed E-state index contributed by atoms with van der Waals surface area (Å²) >= 11 is 0. The number of aryl methyl sites for hydroxylation is 1. The lowest BCUT2D eigenvalue weighted by atomic mass is 10.0. The van der Waals surface area contributed by atoms with E-state index in [1.807, 2.05) is 6.92 Å². The topological polar surface area (TPSA) is 84.3 Å². The van der Waals surface area contributed by atoms with Gasteiger partial charge in [-0.05, 0) is 31.9 Å². The minimum atomic E-state index is -0.464. The van der Waals surface area contributed by atoms with Gasteiger partial charge >= 0.3 is 0 Å². The summed E-state index contributed by atoms with van der Waals surface area (Å²) in [6.45, 7) is 2.65. The lowest BCUT2D eigenvalue weighted by Gasteiger charge is -2.22. The summed E-state index contributed by atoms with van der Waals surface area (Å²) in [5.41, 5.74) is 1.30. The van der Waals surface area contributed by atoms with Crippen molar-refractivity contribution >= 4 is 17.3 Å². The molecular weight excluding hydrogens is 246 g/mol. The number of carbonyl (C=O) groups is 1. The molecule has 1 amide bonds. The number of piperidine rings is 1. The summed E-state index contributed by atoms with van der Waals surface area (Å²) in [4.78, 5) is 22.3. The molecule has 1 fully saturated rings. The summed E-state index contributed by atoms with van der Waals surface area (Å²) in [5.74, 6) is -0.122. The fourth-order valence-electron chi connectivity index (χ4n) is 2.15. The van der Waals surface area contributed by atoms with Gasteiger partial charge in [0.15, 0.2) is 0 Å². The van der Waals surface area contributed by atoms with E-state index in [1.165, 1.54) is 12.1 Å². The molecule has 1 aliphatic heterocycles. The van der Waals surface area contributed by atoms with E-state index in [-0.39, 0.29) is 17.6 Å². The van der Waals surface area contributed by atoms with Gasteiger partial charge in [-0.3, -0.25) is 14.9 Å². The van der Waals surface area contributed by atoms with Crippen molar-refractivity contribution < 1.29 is 9.72 Å². The maximum atomic E-state index is 12.1. The van der Waals surface area contributed by atoms with Gasteiger partial charge in [0.2, 0.25) is 5.91 Å². The highest BCUT2D eigenvalue weighted by molar-refractivity contribution is 5.95. The highest BCUT2D eigenvalue weighted by Gasteiger charge is 2.21. The van der Waals surface area contributed by atoms with Crippen molar-refractivity contribution in [3.63, 3.8) is 0 Å². The Labute approximate surface area is 111 Å². The van der Waals surface area contributed by atoms with Crippen molar-refractivity contribution in [3.05, 3.63) is 33.9 Å². The number of hydrogen-bond donors (Lipinski definition) is 2. The Balaban J connectivity index is 2.11. The van der Waals surface area contributed by atoms with Crippen molar-refractivity contribution in [1.82, 2.24) is 5.32 Å². The van der Waals surface area contributed by atoms with Gasteiger partial charge in [-0.25, -0.2) is 0 Å². The lowest BCUT2D eigenvalue weighted by molar-refractivity contribution is -0.384. The SMILES string of the molecule is Cc1ccc([N+](=O)[O-])cc1NC(=O)[C@H]1CCCCN1. The standard InChI is InChI=1S/C13H17N3O3/c1-9-5-6-10(16(18)19)8-12(9)15-13(17)11-4-2-3-7-14-11/h5-6,8,11,14H,2-4,7H2,1H3,(H,15,17)/t11-/m1/s1. The number of nitrogens with one attached hydrogen (secondary N) is 2. The predicted octanol–water partition coefficient (Wildman–Crippen LogP) is 1.98. The Hall–Kier alpha value is -1.95. The Kier molecular flexibility index (Phi) is 4.11. The number of amides is 1. The highest BCUT2D eigenvalue weighted by Crippen LogP contribution is 2.22. The van der Waals surface area contributed by atoms with Crippen molar-refractivity contribution in [3.8, 4) is 0 Å². The molecule has 0 radical (unpaired) electrons. The quantitative estimate of drug-likeness (QED) is 0.645. The molecule has 0 aliphatic carbocycles. The molecule has 0 aromatic heterocycles. The fraction of sp³-hybridized carbons (Fsp3) is 0.462. The minimum Gasteiger partial charge on any atom is -0.324 e. The molecule has 6 nitrogen and oxygen atoms in total. The van der Waals surface area contributed by atoms with Gasteiger partial charge in [0.1, 0.15) is 0 Å². The maximum absolute atomic E-state index is 12.1. The van der Waals surface area contributed by atoms with Crippen LogP contribution in [0.2, 0.25) is 0 Å². The van der Waals surface area contributed by atoms with Crippen LogP contribution in [0.3, 0.4) is 0 Å². The Bertz CT molecular complexity index is 496. The minimum absolute atomic E-state index is 0.0162. The molecule has 2 N–H and O–H groups in total. The van der Waals surface area contributed by atoms with Gasteiger partial charge in [-0.2, -0.15) is 0 Å². The molecule has 0 saturated carbocycles. The summed E-state index contributed by atoms with van der Waals surface area (Å²) < 4.78 is 0. The van der Waals surface area contributed by atoms with Crippen LogP contribution in [0, 0.1) is 17.0 Å². The molecule has 1 aliphatic rings. The first kappa shape index (κ1) is 13.5. The second-order valence-corrected chi connectivity index (χ2v) is 4.75. The first-order chi connectivity index (χ1) is 9.08. The molecule has 2 rings (SSSR count). The monoisotopic (exact) mass is 263 g/mol. The number of anilines is 1. The smallest absolute Gasteiger partial charge is 0.271 e. The number of hydrogen-bond acceptors (Lipinski definition) is 4. The fourth-order valence-corrected chi connectivity index (χ4v) is 2.15. The van der Waals surface area contributed by atoms with Crippen molar-refractivity contribution in [2.45, 2.75) is 32.2 Å². The third-order valence-electron chi connectivity index (χ3n) is 3.32. The largest absolute Gasteiger partial charge is 0.324 e. The number of nitrogens with zero attached hydrogens (tertiary/aromatic N) is 1. The molecule has 0 unspecified atom stereocenters. The van der Waals surface area contributed by atoms with E-state index in [1.54, 1.807) is 6.07 Å². The first-order valence-electron chi connectivity index (χ1n) is 6.37. The van der Waals surface area contributed by atoms with Crippen LogP contribution in [0.1, 0.15) is 24.8 Å². The van der Waals surface area contributed by atoms with E-state index in [0.29, 0.717) is 5.69 Å². The van der Waals surface area contributed by atoms with E-state index in [0.717, 1.165) is 31.4 Å². The summed E-state index contributed by atoms with van der Waals surface area (Å²) in [7, 11) is 0. The highest BCUT2D eigenvalue weighted by atomic mass is 16.6. The molecule has 0 bridgehead atoms. The Morgan fingerprint density at radius 3 is 2.89 bits per heavy atom. The second-order valence-electron chi connectivity index (χ2n) is 4.75. The molecule has 19 heavy (non-hydrogen) atoms. The molecule has 1 aromatic rings. The third-order valence-corrected chi connectivity index (χ3v) is 3.32. The van der Waals surface area contributed by atoms with E-state index in [9.17, 15) is 14.9 Å². The normalized spacial score (nSPS) is 18.9. The van der Waals surface area contributed by atoms with Gasteiger partial charge in [0, 0.05) is 12.1 Å². The zero-order valence-corrected chi connectivity index (χ0v) is 10.8. The zero-order valence-electron chi connectivity index (χ0n) is 10.8. The van der Waals surface area contributed by atoms with Gasteiger partial charge < -0.3 is 10.6 Å². The van der Waals surface area contributed by atoms with Crippen molar-refractivity contribution in [2.24, 2.45) is 0 Å². The van der Waals surface area contributed by atoms with Crippen LogP contribution in [0.15, 0.2) is 18.2 Å². The zero-order chi connectivity index (χ0) is 13.8. The van der Waals surface area contributed by atoms with Gasteiger partial charge in [0.05, 0.1) is 16.7 Å². The van der Waals surface area contributed by atoms with Crippen LogP contribution < -0.4 is 10.6 Å². The molecule has 1 atom stereocenters. The lowest BCUT2D eigenvalue weighted by Crippen LogP contribution is -2.43. The van der Waals surface area contributed by atoms with Crippen LogP contribution in [0.4, 0.5) is 11.4 Å². The van der Waals surface area contributed by atoms with E-state index in [4.69, 9.17) is 0 Å². The number of carbonyl (C=O) groups excluding carboxylic acids is 1. The van der Waals surface area contributed by atoms with Crippen LogP contribution in [0.5, 0.6) is 0 Å². The van der Waals surface area contributed by atoms with Crippen molar-refractivity contribution in [2.75, 3.05) is 11.9 Å². The molecule has 1 aromatic carbocycles. The van der Waals surface area contributed by atoms with Crippen LogP contribution >= 0.6 is 0 Å². The predicted molar refractivity (Wildman–Crippen MR) is 72.1 cm³/mol. The third kappa shape index (κ3) is 3.29. The van der Waals surface area contributed by atoms with E-state index < -0.39 is 4.92 Å². The Morgan fingerprint density at radius 1 is 1.47 bits per heavy atom. The molecule has 6 heteroatoms.